The first kappa shape index (κ1) is 45.6. The molecule has 0 unspecified atom stereocenters. The van der Waals surface area contributed by atoms with Gasteiger partial charge in [-0.3, -0.25) is 4.68 Å². The van der Waals surface area contributed by atoms with E-state index in [2.05, 4.69) is 23.6 Å². The Kier molecular flexibility index (Phi) is 18.6. The van der Waals surface area contributed by atoms with Crippen LogP contribution in [0, 0.1) is 11.6 Å². The summed E-state index contributed by atoms with van der Waals surface area (Å²) in [7, 11) is -2.22. The van der Waals surface area contributed by atoms with Crippen molar-refractivity contribution < 1.29 is 69.0 Å². The molecule has 18 heteroatoms. The first-order valence-corrected chi connectivity index (χ1v) is 20.7. The van der Waals surface area contributed by atoms with Gasteiger partial charge in [-0.05, 0) is 30.7 Å². The van der Waals surface area contributed by atoms with E-state index in [1.165, 1.54) is 62.7 Å². The Bertz CT molecular complexity index is 1410. The summed E-state index contributed by atoms with van der Waals surface area (Å²) in [5.41, 5.74) is 0. The van der Waals surface area contributed by atoms with Crippen LogP contribution in [0.1, 0.15) is 45.4 Å². The van der Waals surface area contributed by atoms with Crippen molar-refractivity contribution in [2.45, 2.75) is 113 Å². The number of nitrogens with zero attached hydrogens (tertiary/aromatic N) is 3. The molecule has 0 saturated carbocycles. The zero-order chi connectivity index (χ0) is 39.9. The predicted octanol–water partition coefficient (Wildman–Crippen LogP) is -1.07. The smallest absolute Gasteiger partial charge is 0.224 e. The molecular weight excluding hydrogens is 732 g/mol. The molecule has 2 aliphatic rings. The van der Waals surface area contributed by atoms with E-state index in [0.29, 0.717) is 12.8 Å². The number of ether oxygens (including phenoxy) is 3. The lowest BCUT2D eigenvalue weighted by Gasteiger charge is -2.43. The second kappa shape index (κ2) is 22.1. The van der Waals surface area contributed by atoms with Gasteiger partial charge in [0.2, 0.25) is 5.79 Å². The Morgan fingerprint density at radius 1 is 0.759 bits per heavy atom. The van der Waals surface area contributed by atoms with Crippen molar-refractivity contribution in [3.8, 4) is 0 Å². The fourth-order valence-electron chi connectivity index (χ4n) is 6.15. The van der Waals surface area contributed by atoms with Gasteiger partial charge in [0.25, 0.3) is 0 Å². The van der Waals surface area contributed by atoms with E-state index < -0.39 is 82.7 Å². The third-order valence-electron chi connectivity index (χ3n) is 9.49. The molecule has 2 fully saturated rings. The van der Waals surface area contributed by atoms with Crippen LogP contribution in [-0.2, 0) is 20.4 Å². The minimum Gasteiger partial charge on any atom is -0.396 e. The Balaban J connectivity index is 0.000000238. The van der Waals surface area contributed by atoms with E-state index in [1.54, 1.807) is 11.0 Å². The third-order valence-corrected chi connectivity index (χ3v) is 13.7. The van der Waals surface area contributed by atoms with Crippen molar-refractivity contribution in [3.63, 3.8) is 0 Å². The SMILES string of the molecule is CCCCCCCCO.C[Si](Cn1cncn1)(c1ccc(F)cc1)c1ccc(F)cc1.OC[C@H]1O[C@@](CO)(O[C@H]2O[C@H](CO)[C@@H](O)[C@H](O)[C@H]2O)[C@@H](O)[C@@H]1O. The van der Waals surface area contributed by atoms with Crippen molar-refractivity contribution in [2.24, 2.45) is 0 Å². The first-order valence-electron chi connectivity index (χ1n) is 18.0. The average molecular weight is 788 g/mol. The summed E-state index contributed by atoms with van der Waals surface area (Å²) < 4.78 is 43.7. The van der Waals surface area contributed by atoms with Crippen LogP contribution in [0.5, 0.6) is 0 Å². The predicted molar refractivity (Wildman–Crippen MR) is 193 cm³/mol. The van der Waals surface area contributed by atoms with Gasteiger partial charge in [-0.1, -0.05) is 80.2 Å². The molecule has 2 aliphatic heterocycles. The molecule has 0 spiro atoms. The minimum atomic E-state index is -2.22. The van der Waals surface area contributed by atoms with Crippen LogP contribution in [0.3, 0.4) is 0 Å². The summed E-state index contributed by atoms with van der Waals surface area (Å²) in [6.45, 7) is 2.42. The molecule has 5 rings (SSSR count). The molecule has 0 amide bonds. The van der Waals surface area contributed by atoms with E-state index in [-0.39, 0.29) is 11.6 Å². The van der Waals surface area contributed by atoms with Gasteiger partial charge in [-0.2, -0.15) is 5.10 Å². The van der Waals surface area contributed by atoms with Gasteiger partial charge >= 0.3 is 0 Å². The number of aliphatic hydroxyl groups excluding tert-OH is 9. The highest BCUT2D eigenvalue weighted by Crippen LogP contribution is 2.36. The van der Waals surface area contributed by atoms with Gasteiger partial charge in [0.05, 0.1) is 13.2 Å². The molecule has 54 heavy (non-hydrogen) atoms. The lowest BCUT2D eigenvalue weighted by molar-refractivity contribution is -0.383. The summed E-state index contributed by atoms with van der Waals surface area (Å²) in [6.07, 6.45) is -1.34. The molecule has 9 atom stereocenters. The third kappa shape index (κ3) is 11.8. The van der Waals surface area contributed by atoms with E-state index in [0.717, 1.165) is 16.8 Å². The molecule has 1 aromatic heterocycles. The Labute approximate surface area is 314 Å². The molecular formula is C36H55F2N3O12Si. The van der Waals surface area contributed by atoms with E-state index in [9.17, 15) is 39.4 Å². The number of hydrogen-bond donors (Lipinski definition) is 9. The number of unbranched alkanes of at least 4 members (excludes halogenated alkanes) is 5. The second-order valence-electron chi connectivity index (χ2n) is 13.5. The zero-order valence-corrected chi connectivity index (χ0v) is 31.5. The second-order valence-corrected chi connectivity index (χ2v) is 17.6. The van der Waals surface area contributed by atoms with Crippen LogP contribution in [0.4, 0.5) is 8.78 Å². The molecule has 9 N–H and O–H groups in total. The molecule has 3 heterocycles. The summed E-state index contributed by atoms with van der Waals surface area (Å²) in [5.74, 6) is -2.75. The number of halogens is 2. The Morgan fingerprint density at radius 2 is 1.31 bits per heavy atom. The summed E-state index contributed by atoms with van der Waals surface area (Å²) >= 11 is 0. The quantitative estimate of drug-likeness (QED) is 0.0659. The maximum atomic E-state index is 13.2. The highest BCUT2D eigenvalue weighted by atomic mass is 28.3. The number of rotatable bonds is 15. The topological polar surface area (TPSA) is 240 Å². The molecule has 0 radical (unpaired) electrons. The van der Waals surface area contributed by atoms with Crippen molar-refractivity contribution in [1.82, 2.24) is 14.8 Å². The molecule has 304 valence electrons. The molecule has 2 saturated heterocycles. The molecule has 3 aromatic rings. The van der Waals surface area contributed by atoms with Gasteiger partial charge in [0, 0.05) is 12.8 Å². The lowest BCUT2D eigenvalue weighted by Crippen LogP contribution is -2.62. The van der Waals surface area contributed by atoms with Crippen molar-refractivity contribution >= 4 is 18.4 Å². The normalized spacial score (nSPS) is 28.2. The van der Waals surface area contributed by atoms with E-state index in [1.807, 2.05) is 24.3 Å². The maximum absolute atomic E-state index is 13.2. The minimum absolute atomic E-state index is 0.264. The van der Waals surface area contributed by atoms with E-state index >= 15 is 0 Å². The zero-order valence-electron chi connectivity index (χ0n) is 30.5. The number of hydrogen-bond acceptors (Lipinski definition) is 14. The molecule has 15 nitrogen and oxygen atoms in total. The van der Waals surface area contributed by atoms with Gasteiger partial charge in [0.15, 0.2) is 6.29 Å². The van der Waals surface area contributed by atoms with Gasteiger partial charge < -0.3 is 60.2 Å². The Hall–Kier alpha value is -2.82. The lowest BCUT2D eigenvalue weighted by atomic mass is 9.99. The fraction of sp³-hybridized carbons (Fsp3) is 0.611. The first-order chi connectivity index (χ1) is 25.8. The Morgan fingerprint density at radius 3 is 1.78 bits per heavy atom. The molecule has 0 bridgehead atoms. The van der Waals surface area contributed by atoms with Crippen LogP contribution in [0.25, 0.3) is 0 Å². The number of aliphatic hydroxyl groups is 9. The average Bonchev–Trinajstić information content (AvgIpc) is 3.78. The van der Waals surface area contributed by atoms with Crippen LogP contribution in [-0.4, -0.2) is 150 Å². The van der Waals surface area contributed by atoms with Gasteiger partial charge in [0.1, 0.15) is 81.7 Å². The fourth-order valence-corrected chi connectivity index (χ4v) is 9.46. The van der Waals surface area contributed by atoms with Gasteiger partial charge in [-0.15, -0.1) is 0 Å². The summed E-state index contributed by atoms with van der Waals surface area (Å²) in [5, 5.41) is 91.4. The van der Waals surface area contributed by atoms with Crippen molar-refractivity contribution in [3.05, 3.63) is 72.8 Å². The highest BCUT2D eigenvalue weighted by molar-refractivity contribution is 7.00. The van der Waals surface area contributed by atoms with Crippen LogP contribution >= 0.6 is 0 Å². The van der Waals surface area contributed by atoms with Crippen LogP contribution in [0.15, 0.2) is 61.2 Å². The van der Waals surface area contributed by atoms with Gasteiger partial charge in [-0.25, -0.2) is 13.8 Å². The standard InChI is InChI=1S/C16H15F2N3Si.C12H22O11.C8H18O/c1-22(12-21-11-19-10-20-21,15-6-2-13(17)3-7-15)16-8-4-14(18)5-9-16;13-1-4-6(16)8(18)9(19)11(21-4)23-12(3-15)10(20)7(17)5(2-14)22-12;1-2-3-4-5-6-7-8-9/h2-11H,12H2,1H3;4-11,13-20H,1-3H2;9H,2-8H2,1H3/t;4-,5-,6-,7-,8+,9-,10+,11-,12+;/m.1./s1. The van der Waals surface area contributed by atoms with Crippen molar-refractivity contribution in [1.29, 1.82) is 0 Å². The summed E-state index contributed by atoms with van der Waals surface area (Å²) in [6, 6.07) is 13.1. The van der Waals surface area contributed by atoms with Crippen LogP contribution in [0.2, 0.25) is 6.55 Å². The van der Waals surface area contributed by atoms with E-state index in [4.69, 9.17) is 29.5 Å². The maximum Gasteiger partial charge on any atom is 0.224 e. The van der Waals surface area contributed by atoms with Crippen LogP contribution < -0.4 is 10.4 Å². The molecule has 0 aliphatic carbocycles. The monoisotopic (exact) mass is 787 g/mol. The number of benzene rings is 2. The van der Waals surface area contributed by atoms with Crippen molar-refractivity contribution in [2.75, 3.05) is 26.4 Å². The highest BCUT2D eigenvalue weighted by Gasteiger charge is 2.58. The summed E-state index contributed by atoms with van der Waals surface area (Å²) in [4.78, 5) is 3.98. The molecule has 2 aromatic carbocycles. The largest absolute Gasteiger partial charge is 0.396 e. The number of aromatic nitrogens is 3.